The fourth-order valence-corrected chi connectivity index (χ4v) is 4.27. The number of hydrogen-bond donors (Lipinski definition) is 2. The van der Waals surface area contributed by atoms with E-state index in [0.29, 0.717) is 36.5 Å². The summed E-state index contributed by atoms with van der Waals surface area (Å²) in [5, 5.41) is 5.70. The van der Waals surface area contributed by atoms with Crippen LogP contribution >= 0.6 is 0 Å². The molecule has 2 N–H and O–H groups in total. The number of carbonyl (C=O) groups is 3. The highest BCUT2D eigenvalue weighted by molar-refractivity contribution is 6.11. The van der Waals surface area contributed by atoms with E-state index < -0.39 is 6.04 Å². The number of nitrogens with one attached hydrogen (secondary N) is 2. The van der Waals surface area contributed by atoms with Crippen LogP contribution in [0.15, 0.2) is 36.4 Å². The largest absolute Gasteiger partial charge is 0.493 e. The smallest absolute Gasteiger partial charge is 0.256 e. The molecule has 148 valence electrons. The molecule has 7 heteroatoms. The third kappa shape index (κ3) is 3.22. The molecule has 0 aromatic heterocycles. The lowest BCUT2D eigenvalue weighted by molar-refractivity contribution is -0.119. The minimum Gasteiger partial charge on any atom is -0.493 e. The summed E-state index contributed by atoms with van der Waals surface area (Å²) in [6.07, 6.45) is 2.62. The molecule has 2 aromatic rings. The molecular formula is C22H21N3O4. The van der Waals surface area contributed by atoms with Crippen LogP contribution in [-0.4, -0.2) is 41.8 Å². The van der Waals surface area contributed by atoms with Crippen LogP contribution in [0, 0.1) is 0 Å². The topological polar surface area (TPSA) is 87.7 Å². The van der Waals surface area contributed by atoms with Gasteiger partial charge in [-0.3, -0.25) is 14.4 Å². The summed E-state index contributed by atoms with van der Waals surface area (Å²) < 4.78 is 5.56. The molecule has 0 aliphatic carbocycles. The average molecular weight is 391 g/mol. The summed E-state index contributed by atoms with van der Waals surface area (Å²) in [6.45, 7) is 1.26. The van der Waals surface area contributed by atoms with Gasteiger partial charge in [-0.25, -0.2) is 0 Å². The molecule has 0 unspecified atom stereocenters. The van der Waals surface area contributed by atoms with Gasteiger partial charge in [-0.15, -0.1) is 0 Å². The highest BCUT2D eigenvalue weighted by Gasteiger charge is 2.38. The first kappa shape index (κ1) is 17.7. The van der Waals surface area contributed by atoms with Gasteiger partial charge in [0.25, 0.3) is 5.91 Å². The zero-order chi connectivity index (χ0) is 20.0. The van der Waals surface area contributed by atoms with Crippen LogP contribution < -0.4 is 15.4 Å². The monoisotopic (exact) mass is 391 g/mol. The van der Waals surface area contributed by atoms with Crippen LogP contribution in [0.1, 0.15) is 34.3 Å². The molecule has 7 nitrogen and oxygen atoms in total. The lowest BCUT2D eigenvalue weighted by Gasteiger charge is -2.20. The van der Waals surface area contributed by atoms with E-state index in [0.717, 1.165) is 24.2 Å². The second-order valence-electron chi connectivity index (χ2n) is 7.67. The fraction of sp³-hybridized carbons (Fsp3) is 0.318. The van der Waals surface area contributed by atoms with Crippen molar-refractivity contribution in [3.05, 3.63) is 53.1 Å². The van der Waals surface area contributed by atoms with Gasteiger partial charge in [-0.2, -0.15) is 0 Å². The molecule has 0 spiro atoms. The molecule has 1 fully saturated rings. The Kier molecular flexibility index (Phi) is 4.23. The molecule has 0 radical (unpaired) electrons. The second kappa shape index (κ2) is 6.92. The highest BCUT2D eigenvalue weighted by Crippen LogP contribution is 2.31. The van der Waals surface area contributed by atoms with E-state index >= 15 is 0 Å². The van der Waals surface area contributed by atoms with Gasteiger partial charge in [0, 0.05) is 18.7 Å². The molecule has 0 saturated carbocycles. The summed E-state index contributed by atoms with van der Waals surface area (Å²) in [5.74, 6) is 0.354. The van der Waals surface area contributed by atoms with Crippen molar-refractivity contribution in [3.8, 4) is 5.75 Å². The van der Waals surface area contributed by atoms with Crippen molar-refractivity contribution in [2.75, 3.05) is 23.8 Å². The van der Waals surface area contributed by atoms with Gasteiger partial charge in [0.05, 0.1) is 24.3 Å². The fourth-order valence-electron chi connectivity index (χ4n) is 4.27. The van der Waals surface area contributed by atoms with Crippen LogP contribution in [0.3, 0.4) is 0 Å². The zero-order valence-corrected chi connectivity index (χ0v) is 15.9. The average Bonchev–Trinajstić information content (AvgIpc) is 3.35. The van der Waals surface area contributed by atoms with Gasteiger partial charge in [0.2, 0.25) is 11.8 Å². The predicted molar refractivity (Wildman–Crippen MR) is 107 cm³/mol. The Morgan fingerprint density at radius 1 is 1.21 bits per heavy atom. The molecule has 3 heterocycles. The van der Waals surface area contributed by atoms with Crippen molar-refractivity contribution in [1.82, 2.24) is 4.90 Å². The predicted octanol–water partition coefficient (Wildman–Crippen LogP) is 2.36. The maximum Gasteiger partial charge on any atom is 0.256 e. The Morgan fingerprint density at radius 2 is 2.10 bits per heavy atom. The van der Waals surface area contributed by atoms with Crippen LogP contribution in [0.2, 0.25) is 0 Å². The quantitative estimate of drug-likeness (QED) is 0.841. The number of anilines is 2. The van der Waals surface area contributed by atoms with Gasteiger partial charge in [0.15, 0.2) is 0 Å². The standard InChI is InChI=1S/C22H21N3O4/c26-20(11-13-3-4-14-7-9-29-19(14)10-13)23-15-5-6-17-16(12-15)22(28)25-8-1-2-18(25)21(27)24-17/h3-6,10,12,18H,1-2,7-9,11H2,(H,23,26)(H,24,27)/t18-/m0/s1. The lowest BCUT2D eigenvalue weighted by atomic mass is 10.1. The molecule has 1 saturated heterocycles. The zero-order valence-electron chi connectivity index (χ0n) is 15.9. The van der Waals surface area contributed by atoms with Crippen molar-refractivity contribution in [2.45, 2.75) is 31.7 Å². The Hall–Kier alpha value is -3.35. The van der Waals surface area contributed by atoms with E-state index in [9.17, 15) is 14.4 Å². The third-order valence-electron chi connectivity index (χ3n) is 5.73. The van der Waals surface area contributed by atoms with Gasteiger partial charge >= 0.3 is 0 Å². The summed E-state index contributed by atoms with van der Waals surface area (Å²) in [5.41, 5.74) is 3.47. The number of nitrogens with zero attached hydrogens (tertiary/aromatic N) is 1. The molecule has 1 atom stereocenters. The molecule has 29 heavy (non-hydrogen) atoms. The summed E-state index contributed by atoms with van der Waals surface area (Å²) >= 11 is 0. The van der Waals surface area contributed by atoms with Crippen molar-refractivity contribution >= 4 is 29.1 Å². The molecule has 2 aromatic carbocycles. The SMILES string of the molecule is O=C(Cc1ccc2c(c1)OCC2)Nc1ccc2c(c1)C(=O)N1CCC[C@H]1C(=O)N2. The highest BCUT2D eigenvalue weighted by atomic mass is 16.5. The minimum atomic E-state index is -0.407. The Morgan fingerprint density at radius 3 is 3.00 bits per heavy atom. The summed E-state index contributed by atoms with van der Waals surface area (Å²) in [6, 6.07) is 10.5. The van der Waals surface area contributed by atoms with Crippen LogP contribution in [0.4, 0.5) is 11.4 Å². The number of benzene rings is 2. The minimum absolute atomic E-state index is 0.148. The number of ether oxygens (including phenoxy) is 1. The maximum absolute atomic E-state index is 12.9. The van der Waals surface area contributed by atoms with E-state index in [-0.39, 0.29) is 24.1 Å². The molecule has 0 bridgehead atoms. The van der Waals surface area contributed by atoms with Crippen LogP contribution in [-0.2, 0) is 22.4 Å². The molecule has 3 aliphatic rings. The van der Waals surface area contributed by atoms with Gasteiger partial charge < -0.3 is 20.3 Å². The van der Waals surface area contributed by atoms with Crippen LogP contribution in [0.5, 0.6) is 5.75 Å². The first-order chi connectivity index (χ1) is 14.1. The third-order valence-corrected chi connectivity index (χ3v) is 5.73. The number of amides is 3. The van der Waals surface area contributed by atoms with Crippen molar-refractivity contribution in [3.63, 3.8) is 0 Å². The van der Waals surface area contributed by atoms with E-state index in [1.54, 1.807) is 23.1 Å². The summed E-state index contributed by atoms with van der Waals surface area (Å²) in [4.78, 5) is 39.4. The summed E-state index contributed by atoms with van der Waals surface area (Å²) in [7, 11) is 0. The first-order valence-electron chi connectivity index (χ1n) is 9.89. The van der Waals surface area contributed by atoms with Crippen molar-refractivity contribution in [2.24, 2.45) is 0 Å². The normalized spacial score (nSPS) is 19.6. The molecule has 5 rings (SSSR count). The number of carbonyl (C=O) groups excluding carboxylic acids is 3. The lowest BCUT2D eigenvalue weighted by Crippen LogP contribution is -2.40. The molecular weight excluding hydrogens is 370 g/mol. The van der Waals surface area contributed by atoms with Gasteiger partial charge in [-0.05, 0) is 48.2 Å². The second-order valence-corrected chi connectivity index (χ2v) is 7.67. The van der Waals surface area contributed by atoms with Crippen molar-refractivity contribution in [1.29, 1.82) is 0 Å². The number of fused-ring (bicyclic) bond motifs is 3. The first-order valence-corrected chi connectivity index (χ1v) is 9.89. The van der Waals surface area contributed by atoms with E-state index in [2.05, 4.69) is 10.6 Å². The molecule has 3 aliphatic heterocycles. The van der Waals surface area contributed by atoms with E-state index in [1.807, 2.05) is 18.2 Å². The Labute approximate surface area is 168 Å². The Bertz CT molecular complexity index is 1030. The number of hydrogen-bond acceptors (Lipinski definition) is 4. The van der Waals surface area contributed by atoms with Crippen LogP contribution in [0.25, 0.3) is 0 Å². The van der Waals surface area contributed by atoms with Crippen molar-refractivity contribution < 1.29 is 19.1 Å². The van der Waals surface area contributed by atoms with E-state index in [1.165, 1.54) is 5.56 Å². The number of rotatable bonds is 3. The molecule has 3 amide bonds. The van der Waals surface area contributed by atoms with Gasteiger partial charge in [-0.1, -0.05) is 12.1 Å². The Balaban J connectivity index is 1.34. The van der Waals surface area contributed by atoms with Gasteiger partial charge in [0.1, 0.15) is 11.8 Å². The maximum atomic E-state index is 12.9. The van der Waals surface area contributed by atoms with E-state index in [4.69, 9.17) is 4.74 Å².